The Kier molecular flexibility index (Phi) is 4.93. The molecule has 88 valence electrons. The molecule has 1 aliphatic heterocycles. The van der Waals surface area contributed by atoms with Crippen molar-refractivity contribution in [1.29, 1.82) is 0 Å². The molecular formula is C11H21NO2S. The molecule has 0 unspecified atom stereocenters. The van der Waals surface area contributed by atoms with Crippen LogP contribution in [0.2, 0.25) is 0 Å². The first kappa shape index (κ1) is 12.8. The maximum Gasteiger partial charge on any atom is 0.319 e. The molecule has 0 amide bonds. The summed E-state index contributed by atoms with van der Waals surface area (Å²) in [6.07, 6.45) is 3.95. The number of carbonyl (C=O) groups is 1. The summed E-state index contributed by atoms with van der Waals surface area (Å²) < 4.78 is -0.643. The number of likely N-dealkylation sites (tertiary alicyclic amines) is 1. The van der Waals surface area contributed by atoms with Crippen molar-refractivity contribution in [2.75, 3.05) is 25.4 Å². The van der Waals surface area contributed by atoms with E-state index < -0.39 is 10.7 Å². The van der Waals surface area contributed by atoms with Crippen molar-refractivity contribution < 1.29 is 9.90 Å². The van der Waals surface area contributed by atoms with E-state index in [0.29, 0.717) is 0 Å². The molecule has 0 radical (unpaired) electrons. The lowest BCUT2D eigenvalue weighted by Crippen LogP contribution is -2.34. The number of aliphatic carboxylic acids is 1. The molecule has 15 heavy (non-hydrogen) atoms. The van der Waals surface area contributed by atoms with Crippen molar-refractivity contribution in [2.45, 2.75) is 37.9 Å². The SMILES string of the molecule is CC(C)(SCCN1CCCCC1)C(=O)O. The Labute approximate surface area is 96.2 Å². The van der Waals surface area contributed by atoms with Gasteiger partial charge in [0.25, 0.3) is 0 Å². The van der Waals surface area contributed by atoms with Gasteiger partial charge in [0.15, 0.2) is 0 Å². The van der Waals surface area contributed by atoms with Crippen molar-refractivity contribution in [3.05, 3.63) is 0 Å². The minimum Gasteiger partial charge on any atom is -0.480 e. The zero-order valence-corrected chi connectivity index (χ0v) is 10.5. The smallest absolute Gasteiger partial charge is 0.319 e. The number of hydrogen-bond donors (Lipinski definition) is 1. The summed E-state index contributed by atoms with van der Waals surface area (Å²) in [5.74, 6) is 0.199. The molecule has 0 bridgehead atoms. The second-order valence-electron chi connectivity index (χ2n) is 4.57. The van der Waals surface area contributed by atoms with Crippen LogP contribution in [0, 0.1) is 0 Å². The summed E-state index contributed by atoms with van der Waals surface area (Å²) in [7, 11) is 0. The molecular weight excluding hydrogens is 210 g/mol. The minimum absolute atomic E-state index is 0.643. The molecule has 0 aromatic rings. The third-order valence-electron chi connectivity index (χ3n) is 2.83. The average molecular weight is 231 g/mol. The van der Waals surface area contributed by atoms with Gasteiger partial charge in [0.1, 0.15) is 4.75 Å². The Hall–Kier alpha value is -0.220. The second-order valence-corrected chi connectivity index (χ2v) is 6.28. The lowest BCUT2D eigenvalue weighted by atomic mass is 10.1. The van der Waals surface area contributed by atoms with E-state index >= 15 is 0 Å². The van der Waals surface area contributed by atoms with E-state index in [2.05, 4.69) is 4.90 Å². The summed E-state index contributed by atoms with van der Waals surface area (Å²) in [5.41, 5.74) is 0. The van der Waals surface area contributed by atoms with Gasteiger partial charge in [-0.15, -0.1) is 11.8 Å². The first-order valence-corrected chi connectivity index (χ1v) is 6.60. The predicted molar refractivity (Wildman–Crippen MR) is 64.5 cm³/mol. The van der Waals surface area contributed by atoms with Crippen LogP contribution < -0.4 is 0 Å². The second kappa shape index (κ2) is 5.75. The highest BCUT2D eigenvalue weighted by Gasteiger charge is 2.27. The molecule has 1 N–H and O–H groups in total. The molecule has 0 aliphatic carbocycles. The Balaban J connectivity index is 2.17. The Morgan fingerprint density at radius 3 is 2.47 bits per heavy atom. The Morgan fingerprint density at radius 1 is 1.33 bits per heavy atom. The zero-order chi connectivity index (χ0) is 11.3. The van der Waals surface area contributed by atoms with E-state index in [0.717, 1.165) is 12.3 Å². The van der Waals surface area contributed by atoms with E-state index in [1.54, 1.807) is 13.8 Å². The Bertz CT molecular complexity index is 213. The fraction of sp³-hybridized carbons (Fsp3) is 0.909. The third-order valence-corrected chi connectivity index (χ3v) is 4.12. The summed E-state index contributed by atoms with van der Waals surface area (Å²) in [5, 5.41) is 8.94. The van der Waals surface area contributed by atoms with E-state index in [-0.39, 0.29) is 0 Å². The molecule has 0 aromatic carbocycles. The van der Waals surface area contributed by atoms with Gasteiger partial charge >= 0.3 is 5.97 Å². The van der Waals surface area contributed by atoms with Crippen LogP contribution in [0.15, 0.2) is 0 Å². The minimum atomic E-state index is -0.717. The van der Waals surface area contributed by atoms with E-state index in [1.165, 1.54) is 44.1 Å². The summed E-state index contributed by atoms with van der Waals surface area (Å²) in [6, 6.07) is 0. The van der Waals surface area contributed by atoms with Gasteiger partial charge in [-0.3, -0.25) is 4.79 Å². The lowest BCUT2D eigenvalue weighted by Gasteiger charge is -2.27. The molecule has 4 heteroatoms. The molecule has 0 aromatic heterocycles. The highest BCUT2D eigenvalue weighted by molar-refractivity contribution is 8.01. The molecule has 0 saturated carbocycles. The first-order chi connectivity index (χ1) is 7.02. The van der Waals surface area contributed by atoms with E-state index in [1.807, 2.05) is 0 Å². The van der Waals surface area contributed by atoms with Crippen molar-refractivity contribution in [2.24, 2.45) is 0 Å². The highest BCUT2D eigenvalue weighted by Crippen LogP contribution is 2.24. The van der Waals surface area contributed by atoms with Crippen molar-refractivity contribution in [3.63, 3.8) is 0 Å². The summed E-state index contributed by atoms with van der Waals surface area (Å²) in [4.78, 5) is 13.3. The van der Waals surface area contributed by atoms with Gasteiger partial charge < -0.3 is 10.0 Å². The zero-order valence-electron chi connectivity index (χ0n) is 9.66. The number of rotatable bonds is 5. The van der Waals surface area contributed by atoms with Crippen LogP contribution in [-0.4, -0.2) is 46.1 Å². The monoisotopic (exact) mass is 231 g/mol. The van der Waals surface area contributed by atoms with Crippen LogP contribution in [0.25, 0.3) is 0 Å². The van der Waals surface area contributed by atoms with Crippen molar-refractivity contribution in [1.82, 2.24) is 4.90 Å². The largest absolute Gasteiger partial charge is 0.480 e. The summed E-state index contributed by atoms with van der Waals surface area (Å²) in [6.45, 7) is 6.95. The molecule has 1 aliphatic rings. The number of hydrogen-bond acceptors (Lipinski definition) is 3. The van der Waals surface area contributed by atoms with Crippen LogP contribution in [-0.2, 0) is 4.79 Å². The van der Waals surface area contributed by atoms with Gasteiger partial charge in [-0.2, -0.15) is 0 Å². The molecule has 1 fully saturated rings. The van der Waals surface area contributed by atoms with Crippen LogP contribution >= 0.6 is 11.8 Å². The Morgan fingerprint density at radius 2 is 1.93 bits per heavy atom. The highest BCUT2D eigenvalue weighted by atomic mass is 32.2. The fourth-order valence-electron chi connectivity index (χ4n) is 1.67. The van der Waals surface area contributed by atoms with Gasteiger partial charge in [-0.1, -0.05) is 6.42 Å². The normalized spacial score (nSPS) is 19.1. The van der Waals surface area contributed by atoms with Crippen LogP contribution in [0.3, 0.4) is 0 Å². The number of piperidine rings is 1. The molecule has 3 nitrogen and oxygen atoms in total. The molecule has 0 atom stereocenters. The first-order valence-electron chi connectivity index (χ1n) is 5.62. The fourth-order valence-corrected chi connectivity index (χ4v) is 2.66. The number of carboxylic acid groups (broad SMARTS) is 1. The van der Waals surface area contributed by atoms with Crippen molar-refractivity contribution in [3.8, 4) is 0 Å². The maximum absolute atomic E-state index is 10.9. The van der Waals surface area contributed by atoms with Crippen LogP contribution in [0.1, 0.15) is 33.1 Å². The number of nitrogens with zero attached hydrogens (tertiary/aromatic N) is 1. The third kappa shape index (κ3) is 4.43. The average Bonchev–Trinajstić information content (AvgIpc) is 2.19. The molecule has 0 spiro atoms. The van der Waals surface area contributed by atoms with Crippen molar-refractivity contribution >= 4 is 17.7 Å². The van der Waals surface area contributed by atoms with Gasteiger partial charge in [-0.25, -0.2) is 0 Å². The maximum atomic E-state index is 10.9. The topological polar surface area (TPSA) is 40.5 Å². The number of carboxylic acids is 1. The van der Waals surface area contributed by atoms with Gasteiger partial charge in [-0.05, 0) is 39.8 Å². The van der Waals surface area contributed by atoms with Crippen LogP contribution in [0.4, 0.5) is 0 Å². The standard InChI is InChI=1S/C11H21NO2S/c1-11(2,10(13)14)15-9-8-12-6-4-3-5-7-12/h3-9H2,1-2H3,(H,13,14). The van der Waals surface area contributed by atoms with Gasteiger partial charge in [0.2, 0.25) is 0 Å². The predicted octanol–water partition coefficient (Wildman–Crippen LogP) is 2.07. The quantitative estimate of drug-likeness (QED) is 0.786. The lowest BCUT2D eigenvalue weighted by molar-refractivity contribution is -0.138. The van der Waals surface area contributed by atoms with E-state index in [4.69, 9.17) is 5.11 Å². The summed E-state index contributed by atoms with van der Waals surface area (Å²) >= 11 is 1.54. The van der Waals surface area contributed by atoms with Gasteiger partial charge in [0, 0.05) is 12.3 Å². The molecule has 1 saturated heterocycles. The van der Waals surface area contributed by atoms with Crippen LogP contribution in [0.5, 0.6) is 0 Å². The molecule has 1 rings (SSSR count). The number of thioether (sulfide) groups is 1. The molecule has 1 heterocycles. The van der Waals surface area contributed by atoms with E-state index in [9.17, 15) is 4.79 Å². The van der Waals surface area contributed by atoms with Gasteiger partial charge in [0.05, 0.1) is 0 Å².